The minimum absolute atomic E-state index is 0.0394. The van der Waals surface area contributed by atoms with Crippen molar-refractivity contribution in [2.24, 2.45) is 5.92 Å². The molecule has 0 rings (SSSR count). The molecule has 0 fully saturated rings. The average Bonchev–Trinajstić information content (AvgIpc) is 1.60. The molecule has 60 valence electrons. The predicted octanol–water partition coefficient (Wildman–Crippen LogP) is 0.256. The van der Waals surface area contributed by atoms with Crippen LogP contribution in [0, 0.1) is 5.92 Å². The van der Waals surface area contributed by atoms with Crippen molar-refractivity contribution in [3.63, 3.8) is 0 Å². The van der Waals surface area contributed by atoms with Crippen molar-refractivity contribution in [2.45, 2.75) is 13.8 Å². The second kappa shape index (κ2) is 3.14. The van der Waals surface area contributed by atoms with Crippen LogP contribution in [0.3, 0.4) is 0 Å². The van der Waals surface area contributed by atoms with Gasteiger partial charge in [0.1, 0.15) is 15.6 Å². The van der Waals surface area contributed by atoms with Crippen LogP contribution < -0.4 is 0 Å². The van der Waals surface area contributed by atoms with Gasteiger partial charge in [0.2, 0.25) is 0 Å². The second-order valence-electron chi connectivity index (χ2n) is 2.60. The Bertz CT molecular complexity index is 215. The fourth-order valence-electron chi connectivity index (χ4n) is 0.571. The Morgan fingerprint density at radius 3 is 2.00 bits per heavy atom. The molecular weight excluding hydrogens is 152 g/mol. The highest BCUT2D eigenvalue weighted by Gasteiger charge is 2.13. The molecular formula is C6H12O3S. The lowest BCUT2D eigenvalue weighted by atomic mass is 10.1. The number of hydrogen-bond acceptors (Lipinski definition) is 3. The molecule has 0 spiro atoms. The van der Waals surface area contributed by atoms with E-state index < -0.39 is 9.84 Å². The fourth-order valence-corrected chi connectivity index (χ4v) is 1.71. The topological polar surface area (TPSA) is 51.2 Å². The van der Waals surface area contributed by atoms with Crippen LogP contribution in [-0.2, 0) is 14.6 Å². The minimum Gasteiger partial charge on any atom is -0.300 e. The molecule has 1 unspecified atom stereocenters. The van der Waals surface area contributed by atoms with Gasteiger partial charge >= 0.3 is 0 Å². The third-order valence-electron chi connectivity index (χ3n) is 1.25. The first-order chi connectivity index (χ1) is 4.33. The molecule has 0 amide bonds. The molecule has 0 aromatic heterocycles. The van der Waals surface area contributed by atoms with Crippen molar-refractivity contribution in [3.05, 3.63) is 0 Å². The zero-order chi connectivity index (χ0) is 8.36. The summed E-state index contributed by atoms with van der Waals surface area (Å²) in [5, 5.41) is 0. The zero-order valence-corrected chi connectivity index (χ0v) is 7.23. The van der Waals surface area contributed by atoms with E-state index in [0.717, 1.165) is 6.26 Å². The normalized spacial score (nSPS) is 14.7. The predicted molar refractivity (Wildman–Crippen MR) is 39.6 cm³/mol. The summed E-state index contributed by atoms with van der Waals surface area (Å²) < 4.78 is 21.2. The van der Waals surface area contributed by atoms with E-state index in [-0.39, 0.29) is 17.5 Å². The average molecular weight is 164 g/mol. The molecule has 0 saturated heterocycles. The Morgan fingerprint density at radius 2 is 1.90 bits per heavy atom. The van der Waals surface area contributed by atoms with E-state index >= 15 is 0 Å². The van der Waals surface area contributed by atoms with Gasteiger partial charge in [-0.15, -0.1) is 0 Å². The summed E-state index contributed by atoms with van der Waals surface area (Å²) in [6.45, 7) is 3.01. The summed E-state index contributed by atoms with van der Waals surface area (Å²) in [6, 6.07) is 0. The molecule has 0 aliphatic carbocycles. The number of carbonyl (C=O) groups is 1. The first-order valence-corrected chi connectivity index (χ1v) is 5.07. The van der Waals surface area contributed by atoms with E-state index in [2.05, 4.69) is 0 Å². The Morgan fingerprint density at radius 1 is 1.50 bits per heavy atom. The van der Waals surface area contributed by atoms with E-state index in [1.54, 1.807) is 6.92 Å². The molecule has 1 atom stereocenters. The highest BCUT2D eigenvalue weighted by Crippen LogP contribution is 1.99. The standard InChI is InChI=1S/C6H12O3S/c1-5(6(2)7)4-10(3,8)9/h5H,4H2,1-3H3. The van der Waals surface area contributed by atoms with Crippen LogP contribution in [0.15, 0.2) is 0 Å². The molecule has 3 nitrogen and oxygen atoms in total. The van der Waals surface area contributed by atoms with Crippen LogP contribution in [0.1, 0.15) is 13.8 Å². The molecule has 0 N–H and O–H groups in total. The number of carbonyl (C=O) groups excluding carboxylic acids is 1. The van der Waals surface area contributed by atoms with E-state index in [1.807, 2.05) is 0 Å². The van der Waals surface area contributed by atoms with Crippen LogP contribution in [-0.4, -0.2) is 26.2 Å². The zero-order valence-electron chi connectivity index (χ0n) is 6.42. The highest BCUT2D eigenvalue weighted by molar-refractivity contribution is 7.90. The lowest BCUT2D eigenvalue weighted by molar-refractivity contribution is -0.119. The molecule has 10 heavy (non-hydrogen) atoms. The van der Waals surface area contributed by atoms with Gasteiger partial charge in [0, 0.05) is 12.2 Å². The largest absolute Gasteiger partial charge is 0.300 e. The van der Waals surface area contributed by atoms with Gasteiger partial charge in [-0.2, -0.15) is 0 Å². The first-order valence-electron chi connectivity index (χ1n) is 3.01. The number of sulfone groups is 1. The van der Waals surface area contributed by atoms with E-state index in [0.29, 0.717) is 0 Å². The van der Waals surface area contributed by atoms with Gasteiger partial charge in [-0.05, 0) is 6.92 Å². The van der Waals surface area contributed by atoms with Crippen LogP contribution in [0.2, 0.25) is 0 Å². The van der Waals surface area contributed by atoms with Crippen molar-refractivity contribution in [1.29, 1.82) is 0 Å². The van der Waals surface area contributed by atoms with Crippen LogP contribution in [0.25, 0.3) is 0 Å². The quantitative estimate of drug-likeness (QED) is 0.601. The minimum atomic E-state index is -2.99. The number of hydrogen-bond donors (Lipinski definition) is 0. The summed E-state index contributed by atoms with van der Waals surface area (Å²) in [5.41, 5.74) is 0. The Hall–Kier alpha value is -0.380. The number of Topliss-reactive ketones (excluding diaryl/α,β-unsaturated/α-hetero) is 1. The first kappa shape index (κ1) is 9.62. The van der Waals surface area contributed by atoms with Crippen molar-refractivity contribution >= 4 is 15.6 Å². The second-order valence-corrected chi connectivity index (χ2v) is 4.79. The highest BCUT2D eigenvalue weighted by atomic mass is 32.2. The van der Waals surface area contributed by atoms with Gasteiger partial charge in [-0.1, -0.05) is 6.92 Å². The number of rotatable bonds is 3. The van der Waals surface area contributed by atoms with Gasteiger partial charge < -0.3 is 0 Å². The Kier molecular flexibility index (Phi) is 3.02. The molecule has 4 heteroatoms. The molecule has 0 radical (unpaired) electrons. The van der Waals surface area contributed by atoms with Gasteiger partial charge in [0.15, 0.2) is 0 Å². The van der Waals surface area contributed by atoms with Crippen molar-refractivity contribution in [3.8, 4) is 0 Å². The molecule has 0 aliphatic rings. The maximum atomic E-state index is 10.6. The molecule has 0 aromatic rings. The third kappa shape index (κ3) is 4.49. The SMILES string of the molecule is CC(=O)C(C)CS(C)(=O)=O. The van der Waals surface area contributed by atoms with Crippen LogP contribution in [0.4, 0.5) is 0 Å². The lowest BCUT2D eigenvalue weighted by Crippen LogP contribution is -2.17. The molecule has 0 aliphatic heterocycles. The fraction of sp³-hybridized carbons (Fsp3) is 0.833. The third-order valence-corrected chi connectivity index (χ3v) is 2.35. The smallest absolute Gasteiger partial charge is 0.148 e. The molecule has 0 bridgehead atoms. The van der Waals surface area contributed by atoms with Gasteiger partial charge in [0.05, 0.1) is 5.75 Å². The monoisotopic (exact) mass is 164 g/mol. The Balaban J connectivity index is 4.06. The maximum Gasteiger partial charge on any atom is 0.148 e. The summed E-state index contributed by atoms with van der Waals surface area (Å²) in [6.07, 6.45) is 1.13. The summed E-state index contributed by atoms with van der Waals surface area (Å²) in [5.74, 6) is -0.483. The van der Waals surface area contributed by atoms with Crippen molar-refractivity contribution < 1.29 is 13.2 Å². The van der Waals surface area contributed by atoms with Crippen molar-refractivity contribution in [2.75, 3.05) is 12.0 Å². The Labute approximate surface area is 61.4 Å². The van der Waals surface area contributed by atoms with Gasteiger partial charge in [-0.25, -0.2) is 8.42 Å². The molecule has 0 aromatic carbocycles. The maximum absolute atomic E-state index is 10.6. The van der Waals surface area contributed by atoms with Gasteiger partial charge in [-0.3, -0.25) is 4.79 Å². The van der Waals surface area contributed by atoms with E-state index in [4.69, 9.17) is 0 Å². The summed E-state index contributed by atoms with van der Waals surface area (Å²) >= 11 is 0. The molecule has 0 heterocycles. The van der Waals surface area contributed by atoms with Crippen LogP contribution >= 0.6 is 0 Å². The van der Waals surface area contributed by atoms with Crippen LogP contribution in [0.5, 0.6) is 0 Å². The van der Waals surface area contributed by atoms with Gasteiger partial charge in [0.25, 0.3) is 0 Å². The van der Waals surface area contributed by atoms with Crippen molar-refractivity contribution in [1.82, 2.24) is 0 Å². The number of ketones is 1. The lowest BCUT2D eigenvalue weighted by Gasteiger charge is -2.03. The van der Waals surface area contributed by atoms with E-state index in [1.165, 1.54) is 6.92 Å². The summed E-state index contributed by atoms with van der Waals surface area (Å²) in [4.78, 5) is 10.6. The summed E-state index contributed by atoms with van der Waals surface area (Å²) in [7, 11) is -2.99. The molecule has 0 saturated carbocycles. The van der Waals surface area contributed by atoms with E-state index in [9.17, 15) is 13.2 Å².